The van der Waals surface area contributed by atoms with Crippen LogP contribution in [0.15, 0.2) is 30.3 Å². The van der Waals surface area contributed by atoms with E-state index in [4.69, 9.17) is 11.6 Å². The summed E-state index contributed by atoms with van der Waals surface area (Å²) in [5.41, 5.74) is 0.381. The summed E-state index contributed by atoms with van der Waals surface area (Å²) in [4.78, 5) is 0. The van der Waals surface area contributed by atoms with Crippen molar-refractivity contribution < 1.29 is 17.6 Å². The van der Waals surface area contributed by atoms with E-state index < -0.39 is 29.3 Å². The van der Waals surface area contributed by atoms with Gasteiger partial charge in [0.1, 0.15) is 11.6 Å². The Labute approximate surface area is 124 Å². The molecule has 0 saturated heterocycles. The molecule has 2 aromatic rings. The summed E-state index contributed by atoms with van der Waals surface area (Å²) in [7, 11) is 0. The van der Waals surface area contributed by atoms with E-state index >= 15 is 0 Å². The Kier molecular flexibility index (Phi) is 4.85. The molecule has 0 saturated carbocycles. The molecular weight excluding hydrogens is 306 g/mol. The molecule has 0 bridgehead atoms. The number of hydrogen-bond donors (Lipinski definition) is 1. The maximum Gasteiger partial charge on any atom is 0.161 e. The molecule has 1 nitrogen and oxygen atoms in total. The average molecular weight is 318 g/mol. The van der Waals surface area contributed by atoms with Gasteiger partial charge in [0.05, 0.1) is 11.1 Å². The summed E-state index contributed by atoms with van der Waals surface area (Å²) in [5, 5.41) is 2.81. The molecule has 2 rings (SSSR count). The van der Waals surface area contributed by atoms with Crippen LogP contribution in [0, 0.1) is 23.3 Å². The van der Waals surface area contributed by atoms with Gasteiger partial charge in [0.2, 0.25) is 0 Å². The minimum atomic E-state index is -1.26. The Bertz CT molecular complexity index is 660. The highest BCUT2D eigenvalue weighted by molar-refractivity contribution is 6.30. The molecule has 0 aliphatic rings. The lowest BCUT2D eigenvalue weighted by Crippen LogP contribution is -2.23. The van der Waals surface area contributed by atoms with Crippen molar-refractivity contribution in [3.05, 3.63) is 69.8 Å². The van der Waals surface area contributed by atoms with Crippen molar-refractivity contribution in [2.24, 2.45) is 0 Å². The van der Waals surface area contributed by atoms with Gasteiger partial charge in [-0.2, -0.15) is 0 Å². The lowest BCUT2D eigenvalue weighted by atomic mass is 9.97. The van der Waals surface area contributed by atoms with Gasteiger partial charge in [0, 0.05) is 11.6 Å². The summed E-state index contributed by atoms with van der Waals surface area (Å²) in [6, 6.07) is 4.39. The Morgan fingerprint density at radius 3 is 2.24 bits per heavy atom. The number of halogens is 5. The zero-order valence-electron chi connectivity index (χ0n) is 11.1. The topological polar surface area (TPSA) is 12.0 Å². The van der Waals surface area contributed by atoms with Crippen LogP contribution in [0.4, 0.5) is 17.6 Å². The van der Waals surface area contributed by atoms with E-state index in [0.717, 1.165) is 12.1 Å². The summed E-state index contributed by atoms with van der Waals surface area (Å²) < 4.78 is 53.5. The van der Waals surface area contributed by atoms with Crippen LogP contribution in [0.1, 0.15) is 24.1 Å². The first-order valence-corrected chi connectivity index (χ1v) is 6.64. The first kappa shape index (κ1) is 15.8. The van der Waals surface area contributed by atoms with Crippen molar-refractivity contribution in [2.75, 3.05) is 6.54 Å². The second-order valence-electron chi connectivity index (χ2n) is 4.45. The SMILES string of the molecule is CCNC(c1ccc(F)c(Cl)c1)c1cc(F)c(F)cc1F. The predicted molar refractivity (Wildman–Crippen MR) is 73.2 cm³/mol. The molecule has 0 radical (unpaired) electrons. The van der Waals surface area contributed by atoms with Gasteiger partial charge in [-0.3, -0.25) is 0 Å². The van der Waals surface area contributed by atoms with Crippen LogP contribution in [0.5, 0.6) is 0 Å². The van der Waals surface area contributed by atoms with E-state index in [1.807, 2.05) is 0 Å². The molecule has 6 heteroatoms. The average Bonchev–Trinajstić information content (AvgIpc) is 2.44. The van der Waals surface area contributed by atoms with Crippen molar-refractivity contribution in [3.8, 4) is 0 Å². The van der Waals surface area contributed by atoms with Crippen molar-refractivity contribution >= 4 is 11.6 Å². The molecule has 0 fully saturated rings. The van der Waals surface area contributed by atoms with Crippen LogP contribution in [-0.4, -0.2) is 6.54 Å². The number of rotatable bonds is 4. The fourth-order valence-electron chi connectivity index (χ4n) is 2.06. The van der Waals surface area contributed by atoms with Gasteiger partial charge < -0.3 is 5.32 Å². The molecule has 0 heterocycles. The highest BCUT2D eigenvalue weighted by Crippen LogP contribution is 2.28. The highest BCUT2D eigenvalue weighted by atomic mass is 35.5. The molecule has 0 amide bonds. The molecule has 112 valence electrons. The lowest BCUT2D eigenvalue weighted by Gasteiger charge is -2.20. The van der Waals surface area contributed by atoms with Gasteiger partial charge in [-0.15, -0.1) is 0 Å². The van der Waals surface area contributed by atoms with Crippen molar-refractivity contribution in [3.63, 3.8) is 0 Å². The van der Waals surface area contributed by atoms with E-state index in [2.05, 4.69) is 5.32 Å². The van der Waals surface area contributed by atoms with E-state index in [-0.39, 0.29) is 10.6 Å². The lowest BCUT2D eigenvalue weighted by molar-refractivity contribution is 0.481. The third-order valence-electron chi connectivity index (χ3n) is 3.04. The zero-order valence-corrected chi connectivity index (χ0v) is 11.8. The first-order valence-electron chi connectivity index (χ1n) is 6.26. The van der Waals surface area contributed by atoms with Gasteiger partial charge in [0.25, 0.3) is 0 Å². The Hall–Kier alpha value is -1.59. The molecule has 1 N–H and O–H groups in total. The van der Waals surface area contributed by atoms with E-state index in [9.17, 15) is 17.6 Å². The third-order valence-corrected chi connectivity index (χ3v) is 3.33. The van der Waals surface area contributed by atoms with Gasteiger partial charge in [-0.1, -0.05) is 24.6 Å². The van der Waals surface area contributed by atoms with Crippen LogP contribution in [-0.2, 0) is 0 Å². The van der Waals surface area contributed by atoms with Gasteiger partial charge in [-0.25, -0.2) is 17.6 Å². The zero-order chi connectivity index (χ0) is 15.6. The molecule has 0 spiro atoms. The molecular formula is C15H12ClF4N. The van der Waals surface area contributed by atoms with Crippen LogP contribution in [0.3, 0.4) is 0 Å². The van der Waals surface area contributed by atoms with E-state index in [1.165, 1.54) is 12.1 Å². The van der Waals surface area contributed by atoms with Gasteiger partial charge >= 0.3 is 0 Å². The predicted octanol–water partition coefficient (Wildman–Crippen LogP) is 4.60. The van der Waals surface area contributed by atoms with Crippen molar-refractivity contribution in [2.45, 2.75) is 13.0 Å². The van der Waals surface area contributed by atoms with Crippen LogP contribution in [0.2, 0.25) is 5.02 Å². The number of benzene rings is 2. The fourth-order valence-corrected chi connectivity index (χ4v) is 2.25. The first-order chi connectivity index (χ1) is 9.93. The summed E-state index contributed by atoms with van der Waals surface area (Å²) >= 11 is 5.71. The van der Waals surface area contributed by atoms with E-state index in [1.54, 1.807) is 6.92 Å². The van der Waals surface area contributed by atoms with Gasteiger partial charge in [0.15, 0.2) is 11.6 Å². The molecule has 0 aromatic heterocycles. The van der Waals surface area contributed by atoms with E-state index in [0.29, 0.717) is 18.2 Å². The van der Waals surface area contributed by atoms with Crippen LogP contribution < -0.4 is 5.32 Å². The minimum Gasteiger partial charge on any atom is -0.306 e. The van der Waals surface area contributed by atoms with Gasteiger partial charge in [-0.05, 0) is 30.3 Å². The highest BCUT2D eigenvalue weighted by Gasteiger charge is 2.20. The largest absolute Gasteiger partial charge is 0.306 e. The van der Waals surface area contributed by atoms with Crippen molar-refractivity contribution in [1.82, 2.24) is 5.32 Å². The fraction of sp³-hybridized carbons (Fsp3) is 0.200. The smallest absolute Gasteiger partial charge is 0.161 e. The Balaban J connectivity index is 2.52. The maximum atomic E-state index is 13.9. The minimum absolute atomic E-state index is 0.0709. The van der Waals surface area contributed by atoms with Crippen molar-refractivity contribution in [1.29, 1.82) is 0 Å². The normalized spacial score (nSPS) is 12.5. The number of nitrogens with one attached hydrogen (secondary N) is 1. The Morgan fingerprint density at radius 1 is 0.952 bits per heavy atom. The molecule has 0 aliphatic heterocycles. The standard InChI is InChI=1S/C15H12ClF4N/c1-2-21-15(8-3-4-11(17)10(16)5-8)9-6-13(19)14(20)7-12(9)18/h3-7,15,21H,2H2,1H3. The van der Waals surface area contributed by atoms with Crippen LogP contribution >= 0.6 is 11.6 Å². The molecule has 21 heavy (non-hydrogen) atoms. The third kappa shape index (κ3) is 3.36. The molecule has 1 unspecified atom stereocenters. The summed E-state index contributed by atoms with van der Waals surface area (Å²) in [6.45, 7) is 2.22. The summed E-state index contributed by atoms with van der Waals surface area (Å²) in [5.74, 6) is -3.91. The summed E-state index contributed by atoms with van der Waals surface area (Å²) in [6.07, 6.45) is 0. The number of hydrogen-bond acceptors (Lipinski definition) is 1. The molecule has 0 aliphatic carbocycles. The maximum absolute atomic E-state index is 13.9. The quantitative estimate of drug-likeness (QED) is 0.642. The molecule has 2 aromatic carbocycles. The van der Waals surface area contributed by atoms with Crippen LogP contribution in [0.25, 0.3) is 0 Å². The Morgan fingerprint density at radius 2 is 1.62 bits per heavy atom. The second kappa shape index (κ2) is 6.45. The monoisotopic (exact) mass is 317 g/mol. The molecule has 1 atom stereocenters. The second-order valence-corrected chi connectivity index (χ2v) is 4.86.